The third-order valence-corrected chi connectivity index (χ3v) is 2.19. The van der Waals surface area contributed by atoms with Gasteiger partial charge in [-0.2, -0.15) is 5.10 Å². The fraction of sp³-hybridized carbons (Fsp3) is 0.200. The smallest absolute Gasteiger partial charge is 0.267 e. The number of hydrogen-bond acceptors (Lipinski definition) is 4. The van der Waals surface area contributed by atoms with Gasteiger partial charge in [0.2, 0.25) is 0 Å². The lowest BCUT2D eigenvalue weighted by Crippen LogP contribution is -2.23. The van der Waals surface area contributed by atoms with Crippen molar-refractivity contribution in [1.29, 1.82) is 0 Å². The molecule has 0 aliphatic rings. The van der Waals surface area contributed by atoms with Crippen LogP contribution >= 0.6 is 11.6 Å². The first-order chi connectivity index (χ1) is 7.65. The van der Waals surface area contributed by atoms with Gasteiger partial charge in [0.25, 0.3) is 5.56 Å². The maximum absolute atomic E-state index is 11.5. The highest BCUT2D eigenvalue weighted by Gasteiger charge is 2.01. The zero-order valence-corrected chi connectivity index (χ0v) is 9.35. The number of halogens is 1. The van der Waals surface area contributed by atoms with Crippen LogP contribution in [0.25, 0.3) is 0 Å². The van der Waals surface area contributed by atoms with E-state index in [1.165, 1.54) is 23.1 Å². The molecule has 16 heavy (non-hydrogen) atoms. The number of aryl methyl sites for hydroxylation is 1. The van der Waals surface area contributed by atoms with E-state index in [-0.39, 0.29) is 5.56 Å². The van der Waals surface area contributed by atoms with Crippen LogP contribution in [-0.4, -0.2) is 19.7 Å². The van der Waals surface area contributed by atoms with E-state index in [2.05, 4.69) is 15.1 Å². The van der Waals surface area contributed by atoms with Gasteiger partial charge in [0.15, 0.2) is 0 Å². The van der Waals surface area contributed by atoms with E-state index in [4.69, 9.17) is 11.6 Å². The van der Waals surface area contributed by atoms with Crippen molar-refractivity contribution < 1.29 is 0 Å². The van der Waals surface area contributed by atoms with Crippen molar-refractivity contribution >= 4 is 11.6 Å². The fourth-order valence-corrected chi connectivity index (χ4v) is 1.31. The standard InChI is InChI=1S/C10H9ClN4O/c1-7-2-10(16)15(14-3-7)6-8-4-13-9(11)5-12-8/h2-5H,6H2,1H3. The Bertz CT molecular complexity index is 549. The topological polar surface area (TPSA) is 60.7 Å². The van der Waals surface area contributed by atoms with Gasteiger partial charge in [-0.15, -0.1) is 0 Å². The maximum atomic E-state index is 11.5. The Labute approximate surface area is 96.7 Å². The van der Waals surface area contributed by atoms with Gasteiger partial charge in [-0.3, -0.25) is 9.78 Å². The summed E-state index contributed by atoms with van der Waals surface area (Å²) in [6.07, 6.45) is 4.59. The summed E-state index contributed by atoms with van der Waals surface area (Å²) in [7, 11) is 0. The third-order valence-electron chi connectivity index (χ3n) is 1.99. The van der Waals surface area contributed by atoms with Gasteiger partial charge in [0.05, 0.1) is 30.8 Å². The fourth-order valence-electron chi connectivity index (χ4n) is 1.22. The summed E-state index contributed by atoms with van der Waals surface area (Å²) in [5.74, 6) is 0. The molecule has 0 saturated carbocycles. The van der Waals surface area contributed by atoms with Crippen molar-refractivity contribution in [3.63, 3.8) is 0 Å². The van der Waals surface area contributed by atoms with E-state index in [9.17, 15) is 4.79 Å². The van der Waals surface area contributed by atoms with Gasteiger partial charge in [-0.05, 0) is 12.5 Å². The highest BCUT2D eigenvalue weighted by Crippen LogP contribution is 2.01. The van der Waals surface area contributed by atoms with E-state index in [1.54, 1.807) is 6.20 Å². The first-order valence-corrected chi connectivity index (χ1v) is 5.03. The average molecular weight is 237 g/mol. The molecule has 2 heterocycles. The third kappa shape index (κ3) is 2.43. The monoisotopic (exact) mass is 236 g/mol. The molecule has 0 radical (unpaired) electrons. The first-order valence-electron chi connectivity index (χ1n) is 4.65. The SMILES string of the molecule is Cc1cnn(Cc2cnc(Cl)cn2)c(=O)c1. The van der Waals surface area contributed by atoms with Crippen LogP contribution in [0.2, 0.25) is 5.15 Å². The van der Waals surface area contributed by atoms with Crippen molar-refractivity contribution in [2.24, 2.45) is 0 Å². The van der Waals surface area contributed by atoms with Crippen molar-refractivity contribution in [1.82, 2.24) is 19.7 Å². The van der Waals surface area contributed by atoms with Gasteiger partial charge >= 0.3 is 0 Å². The predicted octanol–water partition coefficient (Wildman–Crippen LogP) is 1.04. The van der Waals surface area contributed by atoms with Gasteiger partial charge in [0, 0.05) is 6.07 Å². The van der Waals surface area contributed by atoms with Crippen molar-refractivity contribution in [3.8, 4) is 0 Å². The molecule has 0 spiro atoms. The molecule has 2 aromatic rings. The van der Waals surface area contributed by atoms with Gasteiger partial charge in [-0.1, -0.05) is 11.6 Å². The van der Waals surface area contributed by atoms with Crippen LogP contribution in [0.15, 0.2) is 29.5 Å². The van der Waals surface area contributed by atoms with E-state index >= 15 is 0 Å². The van der Waals surface area contributed by atoms with E-state index < -0.39 is 0 Å². The molecule has 2 aromatic heterocycles. The van der Waals surface area contributed by atoms with Gasteiger partial charge in [-0.25, -0.2) is 9.67 Å². The zero-order chi connectivity index (χ0) is 11.5. The van der Waals surface area contributed by atoms with Crippen LogP contribution in [0.4, 0.5) is 0 Å². The summed E-state index contributed by atoms with van der Waals surface area (Å²) < 4.78 is 1.32. The summed E-state index contributed by atoms with van der Waals surface area (Å²) in [4.78, 5) is 19.5. The molecule has 0 unspecified atom stereocenters. The molecule has 0 bridgehead atoms. The van der Waals surface area contributed by atoms with Crippen molar-refractivity contribution in [2.45, 2.75) is 13.5 Å². The number of nitrogens with zero attached hydrogens (tertiary/aromatic N) is 4. The highest BCUT2D eigenvalue weighted by atomic mass is 35.5. The van der Waals surface area contributed by atoms with Crippen LogP contribution in [0.1, 0.15) is 11.3 Å². The second-order valence-electron chi connectivity index (χ2n) is 3.36. The van der Waals surface area contributed by atoms with Gasteiger partial charge in [0.1, 0.15) is 5.15 Å². The zero-order valence-electron chi connectivity index (χ0n) is 8.59. The lowest BCUT2D eigenvalue weighted by atomic mass is 10.3. The summed E-state index contributed by atoms with van der Waals surface area (Å²) in [6, 6.07) is 1.52. The van der Waals surface area contributed by atoms with Crippen molar-refractivity contribution in [2.75, 3.05) is 0 Å². The summed E-state index contributed by atoms with van der Waals surface area (Å²) in [5.41, 5.74) is 1.32. The van der Waals surface area contributed by atoms with Crippen molar-refractivity contribution in [3.05, 3.63) is 51.4 Å². The molecular formula is C10H9ClN4O. The Balaban J connectivity index is 2.27. The molecule has 2 rings (SSSR count). The van der Waals surface area contributed by atoms with Crippen LogP contribution in [0.3, 0.4) is 0 Å². The minimum atomic E-state index is -0.156. The van der Waals surface area contributed by atoms with E-state index in [0.717, 1.165) is 5.56 Å². The summed E-state index contributed by atoms with van der Waals surface area (Å²) in [5, 5.41) is 4.33. The Morgan fingerprint density at radius 1 is 1.31 bits per heavy atom. The first kappa shape index (κ1) is 10.8. The molecule has 0 N–H and O–H groups in total. The molecule has 0 aliphatic carbocycles. The minimum absolute atomic E-state index is 0.156. The summed E-state index contributed by atoms with van der Waals surface area (Å²) >= 11 is 5.61. The number of aromatic nitrogens is 4. The quantitative estimate of drug-likeness (QED) is 0.782. The second-order valence-corrected chi connectivity index (χ2v) is 3.75. The van der Waals surface area contributed by atoms with Crippen LogP contribution < -0.4 is 5.56 Å². The molecular weight excluding hydrogens is 228 g/mol. The molecule has 82 valence electrons. The molecule has 0 atom stereocenters. The Kier molecular flexibility index (Phi) is 2.96. The molecule has 0 fully saturated rings. The second kappa shape index (κ2) is 4.40. The number of rotatable bonds is 2. The molecule has 0 saturated heterocycles. The number of hydrogen-bond donors (Lipinski definition) is 0. The molecule has 0 aromatic carbocycles. The Morgan fingerprint density at radius 3 is 2.75 bits per heavy atom. The maximum Gasteiger partial charge on any atom is 0.267 e. The molecule has 0 amide bonds. The van der Waals surface area contributed by atoms with Crippen LogP contribution in [0.5, 0.6) is 0 Å². The van der Waals surface area contributed by atoms with E-state index in [1.807, 2.05) is 6.92 Å². The summed E-state index contributed by atoms with van der Waals surface area (Å²) in [6.45, 7) is 2.12. The Hall–Kier alpha value is -1.75. The minimum Gasteiger partial charge on any atom is -0.268 e. The lowest BCUT2D eigenvalue weighted by molar-refractivity contribution is 0.623. The molecule has 6 heteroatoms. The van der Waals surface area contributed by atoms with Gasteiger partial charge < -0.3 is 0 Å². The lowest BCUT2D eigenvalue weighted by Gasteiger charge is -2.03. The molecule has 0 aliphatic heterocycles. The molecule has 5 nitrogen and oxygen atoms in total. The largest absolute Gasteiger partial charge is 0.268 e. The van der Waals surface area contributed by atoms with Crippen LogP contribution in [0, 0.1) is 6.92 Å². The normalized spacial score (nSPS) is 10.4. The predicted molar refractivity (Wildman–Crippen MR) is 59.4 cm³/mol. The Morgan fingerprint density at radius 2 is 2.12 bits per heavy atom. The average Bonchev–Trinajstić information content (AvgIpc) is 2.25. The van der Waals surface area contributed by atoms with E-state index in [0.29, 0.717) is 17.4 Å². The van der Waals surface area contributed by atoms with Crippen LogP contribution in [-0.2, 0) is 6.54 Å². The highest BCUT2D eigenvalue weighted by molar-refractivity contribution is 6.29.